The van der Waals surface area contributed by atoms with Crippen molar-refractivity contribution >= 4 is 21.7 Å². The molecule has 1 aromatic rings. The normalized spacial score (nSPS) is 21.2. The topological polar surface area (TPSA) is 90.0 Å². The average molecular weight is 438 g/mol. The van der Waals surface area contributed by atoms with Gasteiger partial charge in [-0.25, -0.2) is 13.2 Å². The van der Waals surface area contributed by atoms with Crippen molar-refractivity contribution in [3.8, 4) is 5.75 Å². The summed E-state index contributed by atoms with van der Waals surface area (Å²) in [5, 5.41) is 0. The van der Waals surface area contributed by atoms with Crippen molar-refractivity contribution < 1.29 is 27.5 Å². The number of carbonyl (C=O) groups is 2. The molecule has 1 unspecified atom stereocenters. The van der Waals surface area contributed by atoms with E-state index in [1.807, 2.05) is 32.0 Å². The molecule has 1 amide bonds. The van der Waals surface area contributed by atoms with Gasteiger partial charge in [-0.1, -0.05) is 31.4 Å². The molecule has 8 heteroatoms. The Bertz CT molecular complexity index is 876. The van der Waals surface area contributed by atoms with Gasteiger partial charge >= 0.3 is 5.97 Å². The zero-order valence-corrected chi connectivity index (χ0v) is 18.6. The van der Waals surface area contributed by atoms with E-state index in [-0.39, 0.29) is 42.7 Å². The second kappa shape index (κ2) is 9.81. The lowest BCUT2D eigenvalue weighted by atomic mass is 9.93. The van der Waals surface area contributed by atoms with Gasteiger partial charge in [0, 0.05) is 12.1 Å². The first-order valence-electron chi connectivity index (χ1n) is 10.6. The molecule has 0 aromatic heterocycles. The molecule has 1 saturated heterocycles. The molecule has 30 heavy (non-hydrogen) atoms. The van der Waals surface area contributed by atoms with Gasteiger partial charge in [-0.2, -0.15) is 0 Å². The van der Waals surface area contributed by atoms with Gasteiger partial charge in [0.05, 0.1) is 11.5 Å². The number of hydrogen-bond donors (Lipinski definition) is 0. The van der Waals surface area contributed by atoms with Crippen LogP contribution in [0.1, 0.15) is 49.7 Å². The van der Waals surface area contributed by atoms with Gasteiger partial charge in [0.2, 0.25) is 0 Å². The summed E-state index contributed by atoms with van der Waals surface area (Å²) in [6.45, 7) is 3.16. The maximum Gasteiger partial charge on any atom is 0.344 e. The molecule has 1 saturated carbocycles. The van der Waals surface area contributed by atoms with E-state index in [0.717, 1.165) is 43.2 Å². The Kier molecular flexibility index (Phi) is 7.39. The minimum Gasteiger partial charge on any atom is -0.482 e. The van der Waals surface area contributed by atoms with Gasteiger partial charge in [0.15, 0.2) is 23.1 Å². The standard InChI is InChI=1S/C22H31NO6S/c1-16-8-9-17(2)20(12-16)28-14-22(25)29-13-21(24)23(18-6-4-3-5-7-18)19-10-11-30(26,27)15-19/h8-9,12,18-19H,3-7,10-11,13-15H2,1-2H3. The molecule has 0 radical (unpaired) electrons. The Morgan fingerprint density at radius 2 is 1.77 bits per heavy atom. The Balaban J connectivity index is 1.57. The van der Waals surface area contributed by atoms with Crippen molar-refractivity contribution in [1.29, 1.82) is 0 Å². The maximum atomic E-state index is 12.9. The fourth-order valence-electron chi connectivity index (χ4n) is 4.32. The van der Waals surface area contributed by atoms with Crippen LogP contribution in [0.5, 0.6) is 5.75 Å². The van der Waals surface area contributed by atoms with Crippen LogP contribution in [-0.2, 0) is 24.2 Å². The number of ether oxygens (including phenoxy) is 2. The maximum absolute atomic E-state index is 12.9. The Morgan fingerprint density at radius 1 is 1.03 bits per heavy atom. The van der Waals surface area contributed by atoms with Crippen molar-refractivity contribution in [2.75, 3.05) is 24.7 Å². The number of sulfone groups is 1. The van der Waals surface area contributed by atoms with Crippen LogP contribution in [0.25, 0.3) is 0 Å². The largest absolute Gasteiger partial charge is 0.482 e. The fraction of sp³-hybridized carbons (Fsp3) is 0.636. The highest BCUT2D eigenvalue weighted by molar-refractivity contribution is 7.91. The molecule has 1 atom stereocenters. The molecule has 0 N–H and O–H groups in total. The monoisotopic (exact) mass is 437 g/mol. The number of carbonyl (C=O) groups excluding carboxylic acids is 2. The first-order chi connectivity index (χ1) is 14.2. The van der Waals surface area contributed by atoms with Crippen molar-refractivity contribution in [2.45, 2.75) is 64.5 Å². The number of nitrogens with zero attached hydrogens (tertiary/aromatic N) is 1. The van der Waals surface area contributed by atoms with Crippen molar-refractivity contribution in [3.05, 3.63) is 29.3 Å². The highest BCUT2D eigenvalue weighted by Crippen LogP contribution is 2.28. The zero-order valence-electron chi connectivity index (χ0n) is 17.8. The number of hydrogen-bond acceptors (Lipinski definition) is 6. The predicted molar refractivity (Wildman–Crippen MR) is 113 cm³/mol. The van der Waals surface area contributed by atoms with Crippen LogP contribution < -0.4 is 4.74 Å². The highest BCUT2D eigenvalue weighted by Gasteiger charge is 2.38. The summed E-state index contributed by atoms with van der Waals surface area (Å²) in [5.41, 5.74) is 1.93. The molecule has 0 bridgehead atoms. The van der Waals surface area contributed by atoms with E-state index < -0.39 is 15.8 Å². The van der Waals surface area contributed by atoms with Crippen LogP contribution in [0.3, 0.4) is 0 Å². The smallest absolute Gasteiger partial charge is 0.344 e. The first kappa shape index (κ1) is 22.6. The lowest BCUT2D eigenvalue weighted by molar-refractivity contribution is -0.155. The molecule has 1 aliphatic carbocycles. The molecule has 0 spiro atoms. The van der Waals surface area contributed by atoms with Crippen molar-refractivity contribution in [3.63, 3.8) is 0 Å². The summed E-state index contributed by atoms with van der Waals surface area (Å²) in [5.74, 6) is -0.217. The number of esters is 1. The second-order valence-electron chi connectivity index (χ2n) is 8.37. The Morgan fingerprint density at radius 3 is 2.43 bits per heavy atom. The Labute approximate surface area is 178 Å². The van der Waals surface area contributed by atoms with Gasteiger partial charge in [0.25, 0.3) is 5.91 Å². The predicted octanol–water partition coefficient (Wildman–Crippen LogP) is 2.57. The van der Waals surface area contributed by atoms with Gasteiger partial charge in [-0.05, 0) is 50.3 Å². The highest BCUT2D eigenvalue weighted by atomic mass is 32.2. The first-order valence-corrected chi connectivity index (χ1v) is 12.4. The third-order valence-electron chi connectivity index (χ3n) is 5.90. The minimum absolute atomic E-state index is 0.00106. The van der Waals surface area contributed by atoms with Crippen LogP contribution in [0.15, 0.2) is 18.2 Å². The van der Waals surface area contributed by atoms with E-state index in [9.17, 15) is 18.0 Å². The summed E-state index contributed by atoms with van der Waals surface area (Å²) in [4.78, 5) is 26.8. The van der Waals surface area contributed by atoms with Gasteiger partial charge in [-0.15, -0.1) is 0 Å². The SMILES string of the molecule is Cc1ccc(C)c(OCC(=O)OCC(=O)N(C2CCCCC2)C2CCS(=O)(=O)C2)c1. The van der Waals surface area contributed by atoms with Crippen LogP contribution in [0.2, 0.25) is 0 Å². The molecular weight excluding hydrogens is 406 g/mol. The van der Waals surface area contributed by atoms with Crippen LogP contribution >= 0.6 is 0 Å². The molecule has 2 fully saturated rings. The summed E-state index contributed by atoms with van der Waals surface area (Å²) in [6.07, 6.45) is 5.37. The zero-order chi connectivity index (χ0) is 21.7. The summed E-state index contributed by atoms with van der Waals surface area (Å²) in [6, 6.07) is 5.42. The van der Waals surface area contributed by atoms with Gasteiger partial charge < -0.3 is 14.4 Å². The molecule has 2 aliphatic rings. The summed E-state index contributed by atoms with van der Waals surface area (Å²) in [7, 11) is -3.11. The van der Waals surface area contributed by atoms with E-state index in [4.69, 9.17) is 9.47 Å². The number of aryl methyl sites for hydroxylation is 2. The van der Waals surface area contributed by atoms with E-state index in [1.54, 1.807) is 4.90 Å². The minimum atomic E-state index is -3.11. The lowest BCUT2D eigenvalue weighted by Crippen LogP contribution is -2.50. The average Bonchev–Trinajstić information content (AvgIpc) is 3.07. The molecule has 7 nitrogen and oxygen atoms in total. The molecule has 1 heterocycles. The second-order valence-corrected chi connectivity index (χ2v) is 10.6. The summed E-state index contributed by atoms with van der Waals surface area (Å²) < 4.78 is 34.6. The number of rotatable bonds is 7. The van der Waals surface area contributed by atoms with Crippen LogP contribution in [-0.4, -0.2) is 62.0 Å². The molecular formula is C22H31NO6S. The van der Waals surface area contributed by atoms with E-state index in [2.05, 4.69) is 0 Å². The molecule has 1 aliphatic heterocycles. The quantitative estimate of drug-likeness (QED) is 0.609. The Hall–Kier alpha value is -2.09. The van der Waals surface area contributed by atoms with Gasteiger partial charge in [0.1, 0.15) is 5.75 Å². The van der Waals surface area contributed by atoms with Gasteiger partial charge in [-0.3, -0.25) is 4.79 Å². The van der Waals surface area contributed by atoms with Crippen molar-refractivity contribution in [2.24, 2.45) is 0 Å². The van der Waals surface area contributed by atoms with Crippen LogP contribution in [0.4, 0.5) is 0 Å². The third kappa shape index (κ3) is 5.97. The fourth-order valence-corrected chi connectivity index (χ4v) is 6.03. The van der Waals surface area contributed by atoms with Crippen molar-refractivity contribution in [1.82, 2.24) is 4.90 Å². The third-order valence-corrected chi connectivity index (χ3v) is 7.65. The molecule has 1 aromatic carbocycles. The van der Waals surface area contributed by atoms with E-state index in [1.165, 1.54) is 0 Å². The summed E-state index contributed by atoms with van der Waals surface area (Å²) >= 11 is 0. The molecule has 166 valence electrons. The molecule has 3 rings (SSSR count). The lowest BCUT2D eigenvalue weighted by Gasteiger charge is -2.38. The van der Waals surface area contributed by atoms with E-state index >= 15 is 0 Å². The van der Waals surface area contributed by atoms with Crippen LogP contribution in [0, 0.1) is 13.8 Å². The number of amides is 1. The van der Waals surface area contributed by atoms with E-state index in [0.29, 0.717) is 12.2 Å². The number of benzene rings is 1.